The number of aromatic nitrogens is 2. The van der Waals surface area contributed by atoms with Crippen molar-refractivity contribution in [3.63, 3.8) is 0 Å². The largest absolute Gasteiger partial charge is 0.383 e. The number of benzene rings is 1. The van der Waals surface area contributed by atoms with Crippen molar-refractivity contribution in [1.29, 1.82) is 0 Å². The van der Waals surface area contributed by atoms with Crippen LogP contribution in [0.1, 0.15) is 5.56 Å². The first-order valence-electron chi connectivity index (χ1n) is 5.79. The van der Waals surface area contributed by atoms with Crippen LogP contribution in [-0.4, -0.2) is 23.4 Å². The molecule has 0 aliphatic carbocycles. The second-order valence-corrected chi connectivity index (χ2v) is 4.55. The van der Waals surface area contributed by atoms with E-state index in [0.29, 0.717) is 0 Å². The highest BCUT2D eigenvalue weighted by Crippen LogP contribution is 2.39. The number of likely N-dealkylation sites (N-methyl/N-ethyl adjacent to an activating group) is 1. The molecule has 0 unspecified atom stereocenters. The van der Waals surface area contributed by atoms with Crippen molar-refractivity contribution in [2.45, 2.75) is 6.42 Å². The number of hydrogen-bond acceptors (Lipinski definition) is 3. The van der Waals surface area contributed by atoms with Crippen LogP contribution >= 0.6 is 0 Å². The van der Waals surface area contributed by atoms with Gasteiger partial charge in [0.15, 0.2) is 0 Å². The summed E-state index contributed by atoms with van der Waals surface area (Å²) in [6, 6.07) is 6.41. The highest BCUT2D eigenvalue weighted by molar-refractivity contribution is 5.86. The summed E-state index contributed by atoms with van der Waals surface area (Å²) in [5.41, 5.74) is 11.0. The first-order valence-corrected chi connectivity index (χ1v) is 5.79. The second-order valence-electron chi connectivity index (χ2n) is 4.55. The molecule has 3 rings (SSSR count). The van der Waals surface area contributed by atoms with Crippen LogP contribution in [-0.2, 0) is 13.5 Å². The molecular weight excluding hydrogens is 212 g/mol. The van der Waals surface area contributed by atoms with Gasteiger partial charge < -0.3 is 10.6 Å². The van der Waals surface area contributed by atoms with Gasteiger partial charge in [-0.1, -0.05) is 18.2 Å². The number of nitrogens with two attached hydrogens (primary N) is 1. The third-order valence-electron chi connectivity index (χ3n) is 3.49. The fourth-order valence-corrected chi connectivity index (χ4v) is 2.52. The molecule has 0 spiro atoms. The molecule has 0 saturated carbocycles. The van der Waals surface area contributed by atoms with E-state index in [4.69, 9.17) is 5.73 Å². The number of fused-ring (bicyclic) bond motifs is 1. The Morgan fingerprint density at radius 1 is 1.24 bits per heavy atom. The highest BCUT2D eigenvalue weighted by atomic mass is 15.3. The SMILES string of the molecule is CN1CCc2cccc(-c3cnn(C)c3N)c21. The minimum atomic E-state index is 0.721. The smallest absolute Gasteiger partial charge is 0.129 e. The molecule has 1 aliphatic rings. The molecule has 88 valence electrons. The van der Waals surface area contributed by atoms with Crippen LogP contribution in [0.3, 0.4) is 0 Å². The van der Waals surface area contributed by atoms with Crippen LogP contribution in [0.5, 0.6) is 0 Å². The number of hydrogen-bond donors (Lipinski definition) is 1. The maximum absolute atomic E-state index is 6.06. The number of anilines is 2. The van der Waals surface area contributed by atoms with Crippen molar-refractivity contribution in [2.24, 2.45) is 7.05 Å². The Morgan fingerprint density at radius 2 is 2.06 bits per heavy atom. The maximum atomic E-state index is 6.06. The predicted molar refractivity (Wildman–Crippen MR) is 70.0 cm³/mol. The van der Waals surface area contributed by atoms with E-state index in [9.17, 15) is 0 Å². The molecule has 0 atom stereocenters. The minimum Gasteiger partial charge on any atom is -0.383 e. The normalized spacial score (nSPS) is 14.1. The van der Waals surface area contributed by atoms with Crippen LogP contribution in [0.25, 0.3) is 11.1 Å². The molecule has 4 nitrogen and oxygen atoms in total. The minimum absolute atomic E-state index is 0.721. The van der Waals surface area contributed by atoms with Gasteiger partial charge in [0.25, 0.3) is 0 Å². The first kappa shape index (κ1) is 10.2. The molecule has 2 heterocycles. The monoisotopic (exact) mass is 228 g/mol. The average Bonchev–Trinajstić information content (AvgIpc) is 2.86. The molecule has 2 N–H and O–H groups in total. The van der Waals surface area contributed by atoms with Crippen LogP contribution in [0, 0.1) is 0 Å². The van der Waals surface area contributed by atoms with Gasteiger partial charge in [-0.15, -0.1) is 0 Å². The van der Waals surface area contributed by atoms with Gasteiger partial charge in [0.05, 0.1) is 6.20 Å². The Bertz CT molecular complexity index is 571. The fourth-order valence-electron chi connectivity index (χ4n) is 2.52. The van der Waals surface area contributed by atoms with Gasteiger partial charge in [0, 0.05) is 37.5 Å². The number of aryl methyl sites for hydroxylation is 1. The lowest BCUT2D eigenvalue weighted by Gasteiger charge is -2.16. The third-order valence-corrected chi connectivity index (χ3v) is 3.49. The quantitative estimate of drug-likeness (QED) is 0.807. The van der Waals surface area contributed by atoms with Crippen LogP contribution in [0.2, 0.25) is 0 Å². The number of rotatable bonds is 1. The van der Waals surface area contributed by atoms with E-state index in [1.165, 1.54) is 16.8 Å². The van der Waals surface area contributed by atoms with E-state index < -0.39 is 0 Å². The molecule has 17 heavy (non-hydrogen) atoms. The van der Waals surface area contributed by atoms with Crippen molar-refractivity contribution >= 4 is 11.5 Å². The van der Waals surface area contributed by atoms with Gasteiger partial charge in [-0.3, -0.25) is 4.68 Å². The van der Waals surface area contributed by atoms with E-state index >= 15 is 0 Å². The number of nitrogen functional groups attached to an aromatic ring is 1. The second kappa shape index (κ2) is 3.52. The van der Waals surface area contributed by atoms with Gasteiger partial charge in [0.1, 0.15) is 5.82 Å². The topological polar surface area (TPSA) is 47.1 Å². The molecule has 1 aromatic heterocycles. The zero-order chi connectivity index (χ0) is 12.0. The van der Waals surface area contributed by atoms with Gasteiger partial charge in [-0.25, -0.2) is 0 Å². The summed E-state index contributed by atoms with van der Waals surface area (Å²) in [6.07, 6.45) is 2.96. The van der Waals surface area contributed by atoms with Gasteiger partial charge in [-0.05, 0) is 12.0 Å². The molecular formula is C13H16N4. The summed E-state index contributed by atoms with van der Waals surface area (Å²) in [5.74, 6) is 0.721. The lowest BCUT2D eigenvalue weighted by atomic mass is 10.0. The van der Waals surface area contributed by atoms with E-state index in [-0.39, 0.29) is 0 Å². The van der Waals surface area contributed by atoms with E-state index in [1.54, 1.807) is 4.68 Å². The fraction of sp³-hybridized carbons (Fsp3) is 0.308. The Morgan fingerprint density at radius 3 is 2.76 bits per heavy atom. The Labute approximate surface area is 101 Å². The van der Waals surface area contributed by atoms with Gasteiger partial charge >= 0.3 is 0 Å². The molecule has 0 radical (unpaired) electrons. The Balaban J connectivity index is 2.23. The number of nitrogens with zero attached hydrogens (tertiary/aromatic N) is 3. The van der Waals surface area contributed by atoms with Gasteiger partial charge in [0.2, 0.25) is 0 Å². The molecule has 0 amide bonds. The first-order chi connectivity index (χ1) is 8.18. The maximum Gasteiger partial charge on any atom is 0.129 e. The molecule has 1 aliphatic heterocycles. The number of para-hydroxylation sites is 1. The standard InChI is InChI=1S/C13H16N4/c1-16-7-6-9-4-3-5-10(12(9)16)11-8-15-17(2)13(11)14/h3-5,8H,6-7,14H2,1-2H3. The summed E-state index contributed by atoms with van der Waals surface area (Å²) in [6.45, 7) is 1.08. The summed E-state index contributed by atoms with van der Waals surface area (Å²) in [5, 5.41) is 4.22. The molecule has 1 aromatic carbocycles. The summed E-state index contributed by atoms with van der Waals surface area (Å²) in [7, 11) is 3.99. The molecule has 0 bridgehead atoms. The molecule has 4 heteroatoms. The zero-order valence-corrected chi connectivity index (χ0v) is 10.1. The summed E-state index contributed by atoms with van der Waals surface area (Å²) in [4.78, 5) is 2.29. The van der Waals surface area contributed by atoms with Crippen LogP contribution in [0.4, 0.5) is 11.5 Å². The van der Waals surface area contributed by atoms with E-state index in [0.717, 1.165) is 24.3 Å². The highest BCUT2D eigenvalue weighted by Gasteiger charge is 2.21. The average molecular weight is 228 g/mol. The van der Waals surface area contributed by atoms with Crippen LogP contribution < -0.4 is 10.6 Å². The molecule has 0 saturated heterocycles. The van der Waals surface area contributed by atoms with E-state index in [1.807, 2.05) is 13.2 Å². The Hall–Kier alpha value is -1.97. The predicted octanol–water partition coefficient (Wildman–Crippen LogP) is 1.66. The van der Waals surface area contributed by atoms with Crippen molar-refractivity contribution in [3.8, 4) is 11.1 Å². The van der Waals surface area contributed by atoms with Gasteiger partial charge in [-0.2, -0.15) is 5.10 Å². The van der Waals surface area contributed by atoms with Crippen molar-refractivity contribution < 1.29 is 0 Å². The third kappa shape index (κ3) is 1.40. The lowest BCUT2D eigenvalue weighted by molar-refractivity contribution is 0.779. The molecule has 0 fully saturated rings. The Kier molecular flexibility index (Phi) is 2.11. The van der Waals surface area contributed by atoms with Crippen LogP contribution in [0.15, 0.2) is 24.4 Å². The molecule has 2 aromatic rings. The summed E-state index contributed by atoms with van der Waals surface area (Å²) >= 11 is 0. The van der Waals surface area contributed by atoms with Crippen molar-refractivity contribution in [3.05, 3.63) is 30.0 Å². The zero-order valence-electron chi connectivity index (χ0n) is 10.1. The lowest BCUT2D eigenvalue weighted by Crippen LogP contribution is -2.13. The summed E-state index contributed by atoms with van der Waals surface area (Å²) < 4.78 is 1.71. The van der Waals surface area contributed by atoms with Crippen molar-refractivity contribution in [1.82, 2.24) is 9.78 Å². The van der Waals surface area contributed by atoms with E-state index in [2.05, 4.69) is 35.2 Å². The van der Waals surface area contributed by atoms with Crippen molar-refractivity contribution in [2.75, 3.05) is 24.2 Å².